The number of hydrogen-bond acceptors (Lipinski definition) is 6. The summed E-state index contributed by atoms with van der Waals surface area (Å²) in [4.78, 5) is 18.7. The molecule has 0 unspecified atom stereocenters. The lowest BCUT2D eigenvalue weighted by molar-refractivity contribution is -0.136. The van der Waals surface area contributed by atoms with Gasteiger partial charge in [0.15, 0.2) is 11.0 Å². The van der Waals surface area contributed by atoms with E-state index < -0.39 is 5.97 Å². The molecule has 0 amide bonds. The Labute approximate surface area is 187 Å². The molecule has 7 nitrogen and oxygen atoms in total. The van der Waals surface area contributed by atoms with Crippen molar-refractivity contribution in [3.05, 3.63) is 58.1 Å². The van der Waals surface area contributed by atoms with Gasteiger partial charge in [-0.25, -0.2) is 4.98 Å². The summed E-state index contributed by atoms with van der Waals surface area (Å²) in [5, 5.41) is 19.6. The summed E-state index contributed by atoms with van der Waals surface area (Å²) in [6.07, 6.45) is -0.0426. The van der Waals surface area contributed by atoms with E-state index in [0.717, 1.165) is 62.3 Å². The molecule has 0 bridgehead atoms. The van der Waals surface area contributed by atoms with Crippen molar-refractivity contribution >= 4 is 44.3 Å². The quantitative estimate of drug-likeness (QED) is 0.490. The van der Waals surface area contributed by atoms with E-state index in [1.54, 1.807) is 11.3 Å². The maximum atomic E-state index is 11.6. The Morgan fingerprint density at radius 1 is 1.19 bits per heavy atom. The number of anilines is 1. The first-order valence-corrected chi connectivity index (χ1v) is 11.1. The van der Waals surface area contributed by atoms with Crippen LogP contribution in [0.1, 0.15) is 22.8 Å². The zero-order valence-corrected chi connectivity index (χ0v) is 18.7. The number of fused-ring (bicyclic) bond motifs is 2. The van der Waals surface area contributed by atoms with Gasteiger partial charge in [-0.05, 0) is 48.7 Å². The van der Waals surface area contributed by atoms with Crippen LogP contribution in [0.5, 0.6) is 0 Å². The predicted octanol–water partition coefficient (Wildman–Crippen LogP) is 4.47. The van der Waals surface area contributed by atoms with Crippen LogP contribution in [0.2, 0.25) is 5.02 Å². The second-order valence-corrected chi connectivity index (χ2v) is 9.12. The molecule has 0 saturated heterocycles. The summed E-state index contributed by atoms with van der Waals surface area (Å²) in [5.74, 6) is 1.01. The molecule has 9 heteroatoms. The van der Waals surface area contributed by atoms with Crippen LogP contribution in [0.25, 0.3) is 21.3 Å². The average Bonchev–Trinajstić information content (AvgIpc) is 3.32. The summed E-state index contributed by atoms with van der Waals surface area (Å²) in [7, 11) is 0. The smallest absolute Gasteiger partial charge is 0.307 e. The number of thiazole rings is 1. The number of carboxylic acids is 1. The number of halogens is 1. The predicted molar refractivity (Wildman–Crippen MR) is 122 cm³/mol. The van der Waals surface area contributed by atoms with Gasteiger partial charge in [0.25, 0.3) is 0 Å². The summed E-state index contributed by atoms with van der Waals surface area (Å²) < 4.78 is 3.13. The Hall–Kier alpha value is -2.97. The van der Waals surface area contributed by atoms with Crippen molar-refractivity contribution in [1.29, 1.82) is 0 Å². The van der Waals surface area contributed by atoms with Gasteiger partial charge in [0, 0.05) is 23.7 Å². The molecule has 31 heavy (non-hydrogen) atoms. The zero-order chi connectivity index (χ0) is 21.7. The lowest BCUT2D eigenvalue weighted by atomic mass is 9.93. The van der Waals surface area contributed by atoms with E-state index in [1.165, 1.54) is 0 Å². The highest BCUT2D eigenvalue weighted by Crippen LogP contribution is 2.41. The molecule has 2 aromatic heterocycles. The number of rotatable bonds is 4. The van der Waals surface area contributed by atoms with Gasteiger partial charge < -0.3 is 14.6 Å². The molecule has 0 spiro atoms. The van der Waals surface area contributed by atoms with Crippen LogP contribution in [0.3, 0.4) is 0 Å². The first kappa shape index (κ1) is 20.0. The van der Waals surface area contributed by atoms with Crippen LogP contribution in [0.4, 0.5) is 5.13 Å². The number of aromatic nitrogens is 4. The number of aryl methyl sites for hydroxylation is 2. The van der Waals surface area contributed by atoms with Crippen molar-refractivity contribution in [1.82, 2.24) is 19.7 Å². The van der Waals surface area contributed by atoms with E-state index in [2.05, 4.69) is 19.7 Å². The summed E-state index contributed by atoms with van der Waals surface area (Å²) in [6, 6.07) is 9.53. The second kappa shape index (κ2) is 7.62. The summed E-state index contributed by atoms with van der Waals surface area (Å²) in [6.45, 7) is 6.20. The minimum Gasteiger partial charge on any atom is -0.481 e. The number of hydrogen-bond donors (Lipinski definition) is 1. The molecule has 0 fully saturated rings. The van der Waals surface area contributed by atoms with Crippen LogP contribution in [0.15, 0.2) is 30.3 Å². The topological polar surface area (TPSA) is 84.1 Å². The third-order valence-electron chi connectivity index (χ3n) is 5.67. The van der Waals surface area contributed by atoms with E-state index in [1.807, 2.05) is 44.2 Å². The minimum atomic E-state index is -0.854. The Kier molecular flexibility index (Phi) is 4.91. The van der Waals surface area contributed by atoms with Crippen LogP contribution in [0, 0.1) is 13.8 Å². The lowest BCUT2D eigenvalue weighted by Crippen LogP contribution is -2.34. The van der Waals surface area contributed by atoms with E-state index in [0.29, 0.717) is 11.6 Å². The number of nitrogens with zero attached hydrogens (tertiary/aromatic N) is 5. The van der Waals surface area contributed by atoms with Crippen molar-refractivity contribution in [3.8, 4) is 11.1 Å². The number of carboxylic acid groups (broad SMARTS) is 1. The third-order valence-corrected chi connectivity index (χ3v) is 7.07. The molecule has 2 aromatic carbocycles. The molecular formula is C22H20ClN5O2S. The Morgan fingerprint density at radius 3 is 2.71 bits per heavy atom. The Bertz CT molecular complexity index is 1310. The molecule has 3 heterocycles. The fourth-order valence-electron chi connectivity index (χ4n) is 4.13. The molecule has 0 saturated carbocycles. The summed E-state index contributed by atoms with van der Waals surface area (Å²) in [5.41, 5.74) is 4.48. The summed E-state index contributed by atoms with van der Waals surface area (Å²) >= 11 is 7.69. The molecule has 1 N–H and O–H groups in total. The van der Waals surface area contributed by atoms with E-state index in [-0.39, 0.29) is 6.42 Å². The van der Waals surface area contributed by atoms with Gasteiger partial charge in [-0.1, -0.05) is 35.1 Å². The maximum Gasteiger partial charge on any atom is 0.307 e. The number of aliphatic carboxylic acids is 1. The van der Waals surface area contributed by atoms with Gasteiger partial charge in [0.1, 0.15) is 5.82 Å². The number of carbonyl (C=O) groups is 1. The molecular weight excluding hydrogens is 434 g/mol. The average molecular weight is 454 g/mol. The second-order valence-electron chi connectivity index (χ2n) is 7.71. The first-order chi connectivity index (χ1) is 14.9. The van der Waals surface area contributed by atoms with Crippen molar-refractivity contribution in [2.45, 2.75) is 33.4 Å². The highest BCUT2D eigenvalue weighted by atomic mass is 35.5. The zero-order valence-electron chi connectivity index (χ0n) is 17.1. The SMILES string of the molecule is Cc1cc2nc(N3CCn4c(C)nnc4C3)sc2c(-c2ccc(Cl)cc2)c1CC(=O)O. The minimum absolute atomic E-state index is 0.0426. The molecule has 1 aliphatic rings. The Balaban J connectivity index is 1.65. The highest BCUT2D eigenvalue weighted by Gasteiger charge is 2.24. The van der Waals surface area contributed by atoms with Crippen LogP contribution >= 0.6 is 22.9 Å². The van der Waals surface area contributed by atoms with Crippen molar-refractivity contribution in [2.24, 2.45) is 0 Å². The third kappa shape index (κ3) is 3.55. The molecule has 0 radical (unpaired) electrons. The standard InChI is InChI=1S/C22H20ClN5O2S/c1-12-9-17-21(20(16(12)10-19(29)30)14-3-5-15(23)6-4-14)31-22(24-17)27-7-8-28-13(2)25-26-18(28)11-27/h3-6,9H,7-8,10-11H2,1-2H3,(H,29,30). The van der Waals surface area contributed by atoms with Gasteiger partial charge in [0.2, 0.25) is 0 Å². The largest absolute Gasteiger partial charge is 0.481 e. The first-order valence-electron chi connectivity index (χ1n) is 9.95. The van der Waals surface area contributed by atoms with Crippen molar-refractivity contribution < 1.29 is 9.90 Å². The van der Waals surface area contributed by atoms with Gasteiger partial charge in [-0.15, -0.1) is 10.2 Å². The van der Waals surface area contributed by atoms with E-state index >= 15 is 0 Å². The van der Waals surface area contributed by atoms with Gasteiger partial charge in [-0.2, -0.15) is 0 Å². The molecule has 5 rings (SSSR count). The normalized spacial score (nSPS) is 13.6. The fraction of sp³-hybridized carbons (Fsp3) is 0.273. The molecule has 4 aromatic rings. The van der Waals surface area contributed by atoms with Gasteiger partial charge >= 0.3 is 5.97 Å². The molecule has 0 aliphatic carbocycles. The van der Waals surface area contributed by atoms with Crippen LogP contribution < -0.4 is 4.90 Å². The van der Waals surface area contributed by atoms with Crippen molar-refractivity contribution in [3.63, 3.8) is 0 Å². The van der Waals surface area contributed by atoms with Gasteiger partial charge in [0.05, 0.1) is 23.2 Å². The Morgan fingerprint density at radius 2 is 1.97 bits per heavy atom. The highest BCUT2D eigenvalue weighted by molar-refractivity contribution is 7.22. The van der Waals surface area contributed by atoms with Crippen LogP contribution in [-0.4, -0.2) is 37.4 Å². The van der Waals surface area contributed by atoms with Gasteiger partial charge in [-0.3, -0.25) is 4.79 Å². The number of benzene rings is 2. The maximum absolute atomic E-state index is 11.6. The monoisotopic (exact) mass is 453 g/mol. The van der Waals surface area contributed by atoms with E-state index in [9.17, 15) is 9.90 Å². The van der Waals surface area contributed by atoms with E-state index in [4.69, 9.17) is 16.6 Å². The van der Waals surface area contributed by atoms with Crippen molar-refractivity contribution in [2.75, 3.05) is 11.4 Å². The fourth-order valence-corrected chi connectivity index (χ4v) is 5.42. The van der Waals surface area contributed by atoms with Crippen LogP contribution in [-0.2, 0) is 24.3 Å². The molecule has 0 atom stereocenters. The molecule has 158 valence electrons. The lowest BCUT2D eigenvalue weighted by Gasteiger charge is -2.26. The molecule has 1 aliphatic heterocycles.